The van der Waals surface area contributed by atoms with Crippen LogP contribution in [-0.2, 0) is 9.59 Å². The van der Waals surface area contributed by atoms with E-state index in [1.165, 1.54) is 19.3 Å². The van der Waals surface area contributed by atoms with Gasteiger partial charge in [-0.2, -0.15) is 11.8 Å². The first-order valence-electron chi connectivity index (χ1n) is 10.2. The summed E-state index contributed by atoms with van der Waals surface area (Å²) in [5.41, 5.74) is 0.893. The predicted octanol–water partition coefficient (Wildman–Crippen LogP) is 5.50. The van der Waals surface area contributed by atoms with Crippen LogP contribution in [0.2, 0.25) is 0 Å². The van der Waals surface area contributed by atoms with Crippen molar-refractivity contribution < 1.29 is 9.59 Å². The number of Topliss-reactive ketones (excluding diaryl/α,β-unsaturated/α-hetero) is 2. The number of hydrogen-bond acceptors (Lipinski definition) is 4. The molecule has 3 atom stereocenters. The highest BCUT2D eigenvalue weighted by atomic mass is 32.2. The SMILES string of the molecule is CCCCCCN=C1C[C@H](C[C@H](C)SCC)CC(=O)C1C(=O)CCC. The van der Waals surface area contributed by atoms with Crippen molar-refractivity contribution in [2.24, 2.45) is 16.8 Å². The van der Waals surface area contributed by atoms with Gasteiger partial charge in [-0.3, -0.25) is 14.6 Å². The van der Waals surface area contributed by atoms with Crippen LogP contribution in [0.3, 0.4) is 0 Å². The van der Waals surface area contributed by atoms with Crippen LogP contribution in [0.5, 0.6) is 0 Å². The molecule has 1 saturated carbocycles. The second-order valence-electron chi connectivity index (χ2n) is 7.33. The lowest BCUT2D eigenvalue weighted by molar-refractivity contribution is -0.131. The Morgan fingerprint density at radius 3 is 2.56 bits per heavy atom. The average molecular weight is 368 g/mol. The van der Waals surface area contributed by atoms with Crippen molar-refractivity contribution in [3.05, 3.63) is 0 Å². The lowest BCUT2D eigenvalue weighted by Gasteiger charge is -2.30. The van der Waals surface area contributed by atoms with Crippen LogP contribution >= 0.6 is 11.8 Å². The Morgan fingerprint density at radius 1 is 1.16 bits per heavy atom. The number of carbonyl (C=O) groups excluding carboxylic acids is 2. The van der Waals surface area contributed by atoms with Gasteiger partial charge in [-0.15, -0.1) is 0 Å². The molecule has 0 radical (unpaired) electrons. The minimum absolute atomic E-state index is 0.0919. The van der Waals surface area contributed by atoms with Gasteiger partial charge >= 0.3 is 0 Å². The maximum atomic E-state index is 12.7. The molecule has 0 saturated heterocycles. The van der Waals surface area contributed by atoms with Crippen LogP contribution in [0.4, 0.5) is 0 Å². The van der Waals surface area contributed by atoms with Gasteiger partial charge in [0.2, 0.25) is 0 Å². The van der Waals surface area contributed by atoms with E-state index in [-0.39, 0.29) is 11.6 Å². The van der Waals surface area contributed by atoms with E-state index in [1.54, 1.807) is 0 Å². The minimum Gasteiger partial charge on any atom is -0.298 e. The summed E-state index contributed by atoms with van der Waals surface area (Å²) in [5, 5.41) is 0.566. The number of hydrogen-bond donors (Lipinski definition) is 0. The van der Waals surface area contributed by atoms with Gasteiger partial charge in [-0.05, 0) is 37.4 Å². The van der Waals surface area contributed by atoms with Crippen molar-refractivity contribution in [2.45, 2.75) is 90.7 Å². The summed E-state index contributed by atoms with van der Waals surface area (Å²) in [5.74, 6) is 1.15. The fraction of sp³-hybridized carbons (Fsp3) is 0.857. The van der Waals surface area contributed by atoms with E-state index < -0.39 is 5.92 Å². The molecule has 1 aliphatic rings. The molecule has 1 fully saturated rings. The van der Waals surface area contributed by atoms with Gasteiger partial charge in [0, 0.05) is 30.3 Å². The molecule has 1 aliphatic carbocycles. The molecule has 3 nitrogen and oxygen atoms in total. The normalized spacial score (nSPS) is 23.8. The Balaban J connectivity index is 2.77. The summed E-state index contributed by atoms with van der Waals surface area (Å²) in [4.78, 5) is 29.9. The number of carbonyl (C=O) groups is 2. The van der Waals surface area contributed by atoms with E-state index in [9.17, 15) is 9.59 Å². The molecule has 0 N–H and O–H groups in total. The van der Waals surface area contributed by atoms with Gasteiger partial charge in [-0.1, -0.05) is 47.0 Å². The first-order chi connectivity index (χ1) is 12.0. The average Bonchev–Trinajstić information content (AvgIpc) is 2.54. The van der Waals surface area contributed by atoms with Gasteiger partial charge in [0.25, 0.3) is 0 Å². The van der Waals surface area contributed by atoms with Gasteiger partial charge in [0.1, 0.15) is 17.5 Å². The highest BCUT2D eigenvalue weighted by Gasteiger charge is 2.37. The Labute approximate surface area is 158 Å². The molecule has 1 rings (SSSR count). The van der Waals surface area contributed by atoms with Crippen molar-refractivity contribution in [3.63, 3.8) is 0 Å². The van der Waals surface area contributed by atoms with Gasteiger partial charge < -0.3 is 0 Å². The minimum atomic E-state index is -0.531. The fourth-order valence-corrected chi connectivity index (χ4v) is 4.71. The zero-order chi connectivity index (χ0) is 18.7. The number of unbranched alkanes of at least 4 members (excludes halogenated alkanes) is 3. The van der Waals surface area contributed by atoms with Crippen molar-refractivity contribution in [1.29, 1.82) is 0 Å². The number of nitrogens with zero attached hydrogens (tertiary/aromatic N) is 1. The third kappa shape index (κ3) is 8.06. The molecule has 1 unspecified atom stereocenters. The van der Waals surface area contributed by atoms with Crippen LogP contribution in [0.15, 0.2) is 4.99 Å². The maximum Gasteiger partial charge on any atom is 0.149 e. The zero-order valence-corrected chi connectivity index (χ0v) is 17.5. The molecular weight excluding hydrogens is 330 g/mol. The highest BCUT2D eigenvalue weighted by molar-refractivity contribution is 7.99. The molecule has 0 aromatic rings. The maximum absolute atomic E-state index is 12.7. The van der Waals surface area contributed by atoms with Crippen LogP contribution in [-0.4, -0.2) is 34.8 Å². The van der Waals surface area contributed by atoms with E-state index in [4.69, 9.17) is 4.99 Å². The molecule has 0 heterocycles. The first kappa shape index (κ1) is 22.4. The molecule has 0 aliphatic heterocycles. The molecule has 0 bridgehead atoms. The molecule has 144 valence electrons. The van der Waals surface area contributed by atoms with Crippen molar-refractivity contribution >= 4 is 29.0 Å². The third-order valence-electron chi connectivity index (χ3n) is 4.90. The summed E-state index contributed by atoms with van der Waals surface area (Å²) in [6.45, 7) is 9.39. The Morgan fingerprint density at radius 2 is 1.92 bits per heavy atom. The molecule has 0 aromatic heterocycles. The quantitative estimate of drug-likeness (QED) is 0.338. The molecule has 0 aromatic carbocycles. The topological polar surface area (TPSA) is 46.5 Å². The Hall–Kier alpha value is -0.640. The Bertz CT molecular complexity index is 447. The van der Waals surface area contributed by atoms with Gasteiger partial charge in [0.05, 0.1) is 0 Å². The number of ketones is 2. The number of thioether (sulfide) groups is 1. The predicted molar refractivity (Wildman–Crippen MR) is 110 cm³/mol. The molecule has 0 spiro atoms. The van der Waals surface area contributed by atoms with Crippen molar-refractivity contribution in [1.82, 2.24) is 0 Å². The van der Waals surface area contributed by atoms with Gasteiger partial charge in [-0.25, -0.2) is 0 Å². The van der Waals surface area contributed by atoms with Crippen LogP contribution in [0, 0.1) is 11.8 Å². The first-order valence-corrected chi connectivity index (χ1v) is 11.3. The van der Waals surface area contributed by atoms with Crippen molar-refractivity contribution in [3.8, 4) is 0 Å². The van der Waals surface area contributed by atoms with Crippen LogP contribution in [0.1, 0.15) is 85.5 Å². The number of rotatable bonds is 12. The molecule has 25 heavy (non-hydrogen) atoms. The highest BCUT2D eigenvalue weighted by Crippen LogP contribution is 2.31. The molecule has 0 amide bonds. The zero-order valence-electron chi connectivity index (χ0n) is 16.7. The van der Waals surface area contributed by atoms with E-state index in [2.05, 4.69) is 20.8 Å². The smallest absolute Gasteiger partial charge is 0.149 e. The fourth-order valence-electron chi connectivity index (χ4n) is 3.74. The monoisotopic (exact) mass is 367 g/mol. The largest absolute Gasteiger partial charge is 0.298 e. The lowest BCUT2D eigenvalue weighted by Crippen LogP contribution is -2.39. The van der Waals surface area contributed by atoms with Crippen LogP contribution in [0.25, 0.3) is 0 Å². The summed E-state index contributed by atoms with van der Waals surface area (Å²) < 4.78 is 0. The van der Waals surface area contributed by atoms with E-state index in [1.807, 2.05) is 18.7 Å². The third-order valence-corrected chi connectivity index (χ3v) is 6.00. The molecule has 4 heteroatoms. The summed E-state index contributed by atoms with van der Waals surface area (Å²) in [6.07, 6.45) is 8.44. The standard InChI is InChI=1S/C21H37NO2S/c1-5-8-9-10-12-22-18-14-17(13-16(4)25-7-3)15-20(24)21(18)19(23)11-6-2/h16-17,21H,5-15H2,1-4H3/t16-,17-,21?/m0/s1. The second kappa shape index (κ2) is 12.7. The van der Waals surface area contributed by atoms with E-state index >= 15 is 0 Å². The second-order valence-corrected chi connectivity index (χ2v) is 9.04. The number of aliphatic imine (C=N–C) groups is 1. The summed E-state index contributed by atoms with van der Waals surface area (Å²) in [6, 6.07) is 0. The van der Waals surface area contributed by atoms with Crippen molar-refractivity contribution in [2.75, 3.05) is 12.3 Å². The van der Waals surface area contributed by atoms with E-state index in [0.717, 1.165) is 43.7 Å². The molecular formula is C21H37NO2S. The van der Waals surface area contributed by atoms with Gasteiger partial charge in [0.15, 0.2) is 0 Å². The summed E-state index contributed by atoms with van der Waals surface area (Å²) >= 11 is 1.95. The van der Waals surface area contributed by atoms with Crippen LogP contribution < -0.4 is 0 Å². The Kier molecular flexibility index (Phi) is 11.4. The lowest BCUT2D eigenvalue weighted by atomic mass is 9.75. The van der Waals surface area contributed by atoms with E-state index in [0.29, 0.717) is 24.0 Å². The summed E-state index contributed by atoms with van der Waals surface area (Å²) in [7, 11) is 0.